The Morgan fingerprint density at radius 1 is 1.20 bits per heavy atom. The van der Waals surface area contributed by atoms with Gasteiger partial charge in [-0.15, -0.1) is 0 Å². The van der Waals surface area contributed by atoms with Crippen molar-refractivity contribution in [2.75, 3.05) is 5.32 Å². The standard InChI is InChI=1S/C16H7Cl2F4N5O2S/c17-6-4-9-10(5-7(6)18)27-14(24-9)25-13(29)15(27,16(19,20)21)26-12(28)8-2-1-3-11(23-8)30-22/h1-5H,(H,26,28)(H,24,25,29). The van der Waals surface area contributed by atoms with E-state index in [1.54, 1.807) is 5.32 Å². The Balaban J connectivity index is 1.91. The van der Waals surface area contributed by atoms with Gasteiger partial charge < -0.3 is 5.32 Å². The van der Waals surface area contributed by atoms with Crippen LogP contribution in [-0.2, 0) is 10.5 Å². The SMILES string of the molecule is O=C(NC1(C(F)(F)F)C(=O)Nc2nc3cc(Cl)c(Cl)cc3n21)c1cccc(SF)n1. The number of carbonyl (C=O) groups is 2. The van der Waals surface area contributed by atoms with Crippen molar-refractivity contribution in [3.05, 3.63) is 46.1 Å². The molecule has 1 aromatic carbocycles. The summed E-state index contributed by atoms with van der Waals surface area (Å²) in [4.78, 5) is 32.6. The summed E-state index contributed by atoms with van der Waals surface area (Å²) in [6, 6.07) is 5.86. The number of amides is 2. The maximum absolute atomic E-state index is 14.3. The highest BCUT2D eigenvalue weighted by atomic mass is 35.5. The van der Waals surface area contributed by atoms with Gasteiger partial charge in [0, 0.05) is 0 Å². The van der Waals surface area contributed by atoms with Crippen molar-refractivity contribution >= 4 is 64.1 Å². The van der Waals surface area contributed by atoms with Gasteiger partial charge >= 0.3 is 6.18 Å². The lowest BCUT2D eigenvalue weighted by Gasteiger charge is -2.31. The Labute approximate surface area is 179 Å². The fourth-order valence-corrected chi connectivity index (χ4v) is 3.62. The molecule has 1 atom stereocenters. The normalized spacial score (nSPS) is 18.4. The molecule has 0 fully saturated rings. The van der Waals surface area contributed by atoms with E-state index in [-0.39, 0.29) is 38.3 Å². The van der Waals surface area contributed by atoms with E-state index in [0.29, 0.717) is 4.57 Å². The number of hydrogen-bond acceptors (Lipinski definition) is 5. The smallest absolute Gasteiger partial charge is 0.312 e. The molecule has 1 aliphatic rings. The van der Waals surface area contributed by atoms with Gasteiger partial charge in [-0.05, 0) is 24.3 Å². The summed E-state index contributed by atoms with van der Waals surface area (Å²) in [5, 5.41) is 3.42. The molecule has 30 heavy (non-hydrogen) atoms. The van der Waals surface area contributed by atoms with Crippen molar-refractivity contribution < 1.29 is 26.6 Å². The van der Waals surface area contributed by atoms with Crippen LogP contribution in [0, 0.1) is 0 Å². The zero-order chi connectivity index (χ0) is 21.8. The Bertz CT molecular complexity index is 1220. The number of anilines is 1. The van der Waals surface area contributed by atoms with E-state index in [4.69, 9.17) is 23.2 Å². The first-order valence-corrected chi connectivity index (χ1v) is 9.40. The van der Waals surface area contributed by atoms with Crippen LogP contribution in [0.1, 0.15) is 10.5 Å². The molecule has 1 unspecified atom stereocenters. The molecule has 4 rings (SSSR count). The molecule has 0 radical (unpaired) electrons. The number of benzene rings is 1. The van der Waals surface area contributed by atoms with Crippen LogP contribution in [0.5, 0.6) is 0 Å². The van der Waals surface area contributed by atoms with Crippen LogP contribution in [0.3, 0.4) is 0 Å². The number of nitrogens with one attached hydrogen (secondary N) is 2. The summed E-state index contributed by atoms with van der Waals surface area (Å²) in [6.07, 6.45) is -5.30. The van der Waals surface area contributed by atoms with E-state index in [1.807, 2.05) is 5.32 Å². The molecule has 2 aromatic heterocycles. The van der Waals surface area contributed by atoms with Crippen molar-refractivity contribution in [1.29, 1.82) is 0 Å². The molecule has 3 aromatic rings. The van der Waals surface area contributed by atoms with Crippen LogP contribution in [0.15, 0.2) is 35.4 Å². The van der Waals surface area contributed by atoms with Crippen molar-refractivity contribution in [2.45, 2.75) is 16.9 Å². The number of carbonyl (C=O) groups excluding carboxylic acids is 2. The Morgan fingerprint density at radius 3 is 2.57 bits per heavy atom. The van der Waals surface area contributed by atoms with E-state index in [0.717, 1.165) is 12.1 Å². The highest BCUT2D eigenvalue weighted by Gasteiger charge is 2.67. The van der Waals surface area contributed by atoms with E-state index < -0.39 is 35.3 Å². The number of rotatable bonds is 3. The Kier molecular flexibility index (Phi) is 4.83. The third kappa shape index (κ3) is 2.97. The first-order chi connectivity index (χ1) is 14.1. The van der Waals surface area contributed by atoms with Crippen LogP contribution < -0.4 is 10.6 Å². The van der Waals surface area contributed by atoms with Gasteiger partial charge in [0.15, 0.2) is 0 Å². The predicted molar refractivity (Wildman–Crippen MR) is 101 cm³/mol. The number of fused-ring (bicyclic) bond motifs is 3. The van der Waals surface area contributed by atoms with Crippen LogP contribution in [-0.4, -0.2) is 32.5 Å². The molecule has 2 N–H and O–H groups in total. The Hall–Kier alpha value is -2.57. The van der Waals surface area contributed by atoms with Crippen LogP contribution in [0.4, 0.5) is 23.0 Å². The summed E-state index contributed by atoms with van der Waals surface area (Å²) in [7, 11) is 0. The summed E-state index contributed by atoms with van der Waals surface area (Å²) in [6.45, 7) is 0. The lowest BCUT2D eigenvalue weighted by atomic mass is 10.1. The van der Waals surface area contributed by atoms with Crippen molar-refractivity contribution in [1.82, 2.24) is 19.9 Å². The third-order valence-electron chi connectivity index (χ3n) is 4.33. The topological polar surface area (TPSA) is 88.9 Å². The fraction of sp³-hybridized carbons (Fsp3) is 0.125. The highest BCUT2D eigenvalue weighted by Crippen LogP contribution is 2.45. The number of alkyl halides is 3. The maximum atomic E-state index is 14.3. The van der Waals surface area contributed by atoms with Gasteiger partial charge in [0.2, 0.25) is 5.95 Å². The summed E-state index contributed by atoms with van der Waals surface area (Å²) >= 11 is 11.5. The average Bonchev–Trinajstić information content (AvgIpc) is 3.15. The number of halogens is 6. The third-order valence-corrected chi connectivity index (χ3v) is 5.43. The quantitative estimate of drug-likeness (QED) is 0.546. The summed E-state index contributed by atoms with van der Waals surface area (Å²) in [5.41, 5.74) is -4.26. The Morgan fingerprint density at radius 2 is 1.90 bits per heavy atom. The van der Waals surface area contributed by atoms with Crippen LogP contribution in [0.25, 0.3) is 11.0 Å². The van der Waals surface area contributed by atoms with E-state index in [1.165, 1.54) is 18.2 Å². The van der Waals surface area contributed by atoms with Gasteiger partial charge in [0.25, 0.3) is 17.5 Å². The average molecular weight is 480 g/mol. The molecule has 1 aliphatic heterocycles. The number of imidazole rings is 1. The minimum atomic E-state index is -5.30. The summed E-state index contributed by atoms with van der Waals surface area (Å²) in [5.74, 6) is -3.41. The minimum Gasteiger partial charge on any atom is -0.312 e. The lowest BCUT2D eigenvalue weighted by Crippen LogP contribution is -2.63. The van der Waals surface area contributed by atoms with Crippen molar-refractivity contribution in [2.24, 2.45) is 0 Å². The predicted octanol–water partition coefficient (Wildman–Crippen LogP) is 4.31. The maximum Gasteiger partial charge on any atom is 0.440 e. The molecule has 2 amide bonds. The second-order valence-electron chi connectivity index (χ2n) is 6.08. The van der Waals surface area contributed by atoms with Gasteiger partial charge in [-0.25, -0.2) is 9.97 Å². The van der Waals surface area contributed by atoms with Crippen LogP contribution >= 0.6 is 35.3 Å². The largest absolute Gasteiger partial charge is 0.440 e. The molecule has 14 heteroatoms. The van der Waals surface area contributed by atoms with Gasteiger partial charge in [0.1, 0.15) is 22.9 Å². The fourth-order valence-electron chi connectivity index (χ4n) is 3.04. The molecule has 0 saturated heterocycles. The first kappa shape index (κ1) is 20.7. The van der Waals surface area contributed by atoms with Gasteiger partial charge in [-0.1, -0.05) is 29.3 Å². The molecule has 0 aliphatic carbocycles. The molecule has 0 saturated carbocycles. The molecule has 3 heterocycles. The molecule has 7 nitrogen and oxygen atoms in total. The number of nitrogens with zero attached hydrogens (tertiary/aromatic N) is 3. The first-order valence-electron chi connectivity index (χ1n) is 7.93. The molecule has 0 bridgehead atoms. The number of aromatic nitrogens is 3. The molecule has 0 spiro atoms. The number of hydrogen-bond donors (Lipinski definition) is 2. The van der Waals surface area contributed by atoms with Crippen molar-refractivity contribution in [3.63, 3.8) is 0 Å². The van der Waals surface area contributed by atoms with E-state index in [2.05, 4.69) is 9.97 Å². The lowest BCUT2D eigenvalue weighted by molar-refractivity contribution is -0.213. The molecular formula is C16H7Cl2F4N5O2S. The number of pyridine rings is 1. The minimum absolute atomic E-state index is 0.0104. The zero-order valence-electron chi connectivity index (χ0n) is 14.2. The zero-order valence-corrected chi connectivity index (χ0v) is 16.5. The van der Waals surface area contributed by atoms with Crippen molar-refractivity contribution in [3.8, 4) is 0 Å². The second-order valence-corrected chi connectivity index (χ2v) is 7.47. The summed E-state index contributed by atoms with van der Waals surface area (Å²) < 4.78 is 56.1. The monoisotopic (exact) mass is 479 g/mol. The second kappa shape index (κ2) is 7.00. The van der Waals surface area contributed by atoms with Gasteiger partial charge in [-0.2, -0.15) is 17.1 Å². The van der Waals surface area contributed by atoms with Gasteiger partial charge in [-0.3, -0.25) is 19.5 Å². The van der Waals surface area contributed by atoms with Gasteiger partial charge in [0.05, 0.1) is 21.1 Å². The molecule has 156 valence electrons. The van der Waals surface area contributed by atoms with Crippen LogP contribution in [0.2, 0.25) is 10.0 Å². The van der Waals surface area contributed by atoms with E-state index in [9.17, 15) is 26.6 Å². The van der Waals surface area contributed by atoms with E-state index >= 15 is 0 Å². The highest BCUT2D eigenvalue weighted by molar-refractivity contribution is 7.94. The molecular weight excluding hydrogens is 473 g/mol.